The maximum absolute atomic E-state index is 12.7. The largest absolute Gasteiger partial charge is 0.470 e. The molecule has 2 aromatic rings. The van der Waals surface area contributed by atoms with Crippen molar-refractivity contribution in [3.8, 4) is 5.88 Å². The van der Waals surface area contributed by atoms with E-state index in [0.29, 0.717) is 30.5 Å². The molecular weight excluding hydrogens is 387 g/mol. The molecule has 1 aliphatic heterocycles. The number of halogens is 3. The van der Waals surface area contributed by atoms with Crippen molar-refractivity contribution in [2.24, 2.45) is 0 Å². The molecule has 0 spiro atoms. The second kappa shape index (κ2) is 8.54. The van der Waals surface area contributed by atoms with Gasteiger partial charge < -0.3 is 19.9 Å². The summed E-state index contributed by atoms with van der Waals surface area (Å²) in [5.41, 5.74) is -0.461. The van der Waals surface area contributed by atoms with Crippen molar-refractivity contribution in [3.63, 3.8) is 0 Å². The third-order valence-corrected chi connectivity index (χ3v) is 4.48. The van der Waals surface area contributed by atoms with Crippen LogP contribution in [0.15, 0.2) is 36.7 Å². The van der Waals surface area contributed by atoms with Crippen LogP contribution in [0.1, 0.15) is 18.4 Å². The van der Waals surface area contributed by atoms with Gasteiger partial charge in [-0.05, 0) is 37.1 Å². The molecule has 3 rings (SSSR count). The Morgan fingerprint density at radius 2 is 1.90 bits per heavy atom. The molecule has 10 heteroatoms. The van der Waals surface area contributed by atoms with Crippen molar-refractivity contribution >= 4 is 17.5 Å². The van der Waals surface area contributed by atoms with Crippen LogP contribution in [-0.4, -0.2) is 54.2 Å². The first kappa shape index (κ1) is 20.7. The van der Waals surface area contributed by atoms with E-state index in [4.69, 9.17) is 4.74 Å². The molecule has 1 unspecified atom stereocenters. The molecule has 1 aromatic heterocycles. The Morgan fingerprint density at radius 1 is 1.21 bits per heavy atom. The fraction of sp³-hybridized carbons (Fsp3) is 0.421. The van der Waals surface area contributed by atoms with Crippen LogP contribution in [-0.2, 0) is 6.18 Å². The van der Waals surface area contributed by atoms with Crippen molar-refractivity contribution in [3.05, 3.63) is 42.2 Å². The molecule has 1 aliphatic rings. The second-order valence-electron chi connectivity index (χ2n) is 6.91. The number of carbonyl (C=O) groups excluding carboxylic acids is 1. The lowest BCUT2D eigenvalue weighted by atomic mass is 10.1. The molecule has 0 bridgehead atoms. The second-order valence-corrected chi connectivity index (χ2v) is 6.91. The standard InChI is InChI=1S/C19H22F3N5O2/c1-26(2)16-17(24-10-9-23-16)29-15-4-3-11-27(12-15)18(28)25-14-7-5-13(6-8-14)19(20,21)22/h5-10,15H,3-4,11-12H2,1-2H3,(H,25,28). The zero-order chi connectivity index (χ0) is 21.0. The summed E-state index contributed by atoms with van der Waals surface area (Å²) in [6.45, 7) is 0.878. The highest BCUT2D eigenvalue weighted by Crippen LogP contribution is 2.30. The highest BCUT2D eigenvalue weighted by molar-refractivity contribution is 5.89. The van der Waals surface area contributed by atoms with Crippen LogP contribution in [0.3, 0.4) is 0 Å². The van der Waals surface area contributed by atoms with Crippen molar-refractivity contribution in [2.75, 3.05) is 37.4 Å². The van der Waals surface area contributed by atoms with Crippen molar-refractivity contribution in [2.45, 2.75) is 25.1 Å². The SMILES string of the molecule is CN(C)c1nccnc1OC1CCCN(C(=O)Nc2ccc(C(F)(F)F)cc2)C1. The van der Waals surface area contributed by atoms with Crippen LogP contribution in [0, 0.1) is 0 Å². The minimum Gasteiger partial charge on any atom is -0.470 e. The summed E-state index contributed by atoms with van der Waals surface area (Å²) >= 11 is 0. The van der Waals surface area contributed by atoms with E-state index in [1.165, 1.54) is 12.1 Å². The van der Waals surface area contributed by atoms with E-state index in [1.807, 2.05) is 14.1 Å². The number of anilines is 2. The average Bonchev–Trinajstić information content (AvgIpc) is 2.68. The number of urea groups is 1. The number of rotatable bonds is 4. The van der Waals surface area contributed by atoms with Crippen molar-refractivity contribution in [1.82, 2.24) is 14.9 Å². The third-order valence-electron chi connectivity index (χ3n) is 4.48. The van der Waals surface area contributed by atoms with Gasteiger partial charge >= 0.3 is 12.2 Å². The Hall–Kier alpha value is -3.04. The highest BCUT2D eigenvalue weighted by Gasteiger charge is 2.30. The zero-order valence-electron chi connectivity index (χ0n) is 16.1. The summed E-state index contributed by atoms with van der Waals surface area (Å²) in [6.07, 6.45) is -0.0489. The lowest BCUT2D eigenvalue weighted by Crippen LogP contribution is -2.46. The van der Waals surface area contributed by atoms with E-state index in [-0.39, 0.29) is 12.1 Å². The van der Waals surface area contributed by atoms with Gasteiger partial charge in [0.1, 0.15) is 6.10 Å². The molecule has 1 fully saturated rings. The molecule has 1 atom stereocenters. The molecule has 2 heterocycles. The minimum absolute atomic E-state index is 0.252. The number of alkyl halides is 3. The lowest BCUT2D eigenvalue weighted by Gasteiger charge is -2.33. The maximum Gasteiger partial charge on any atom is 0.416 e. The Bertz CT molecular complexity index is 842. The van der Waals surface area contributed by atoms with E-state index >= 15 is 0 Å². The molecule has 29 heavy (non-hydrogen) atoms. The molecule has 2 amide bonds. The van der Waals surface area contributed by atoms with Gasteiger partial charge in [-0.1, -0.05) is 0 Å². The van der Waals surface area contributed by atoms with Gasteiger partial charge in [0.2, 0.25) is 0 Å². The van der Waals surface area contributed by atoms with Gasteiger partial charge in [0.05, 0.1) is 12.1 Å². The molecule has 156 valence electrons. The number of aromatic nitrogens is 2. The van der Waals surface area contributed by atoms with E-state index < -0.39 is 11.7 Å². The topological polar surface area (TPSA) is 70.6 Å². The summed E-state index contributed by atoms with van der Waals surface area (Å²) in [5, 5.41) is 2.63. The van der Waals surface area contributed by atoms with Gasteiger partial charge in [0.25, 0.3) is 5.88 Å². The van der Waals surface area contributed by atoms with Crippen LogP contribution in [0.2, 0.25) is 0 Å². The monoisotopic (exact) mass is 409 g/mol. The minimum atomic E-state index is -4.41. The highest BCUT2D eigenvalue weighted by atomic mass is 19.4. The fourth-order valence-electron chi connectivity index (χ4n) is 3.03. The number of nitrogens with one attached hydrogen (secondary N) is 1. The molecular formula is C19H22F3N5O2. The van der Waals surface area contributed by atoms with Gasteiger partial charge in [0, 0.05) is 38.7 Å². The Balaban J connectivity index is 1.61. The Labute approximate surface area is 166 Å². The van der Waals surface area contributed by atoms with Gasteiger partial charge in [-0.25, -0.2) is 14.8 Å². The van der Waals surface area contributed by atoms with Crippen molar-refractivity contribution < 1.29 is 22.7 Å². The van der Waals surface area contributed by atoms with Gasteiger partial charge in [-0.15, -0.1) is 0 Å². The predicted molar refractivity (Wildman–Crippen MR) is 102 cm³/mol. The summed E-state index contributed by atoms with van der Waals surface area (Å²) in [4.78, 5) is 24.4. The van der Waals surface area contributed by atoms with Crippen LogP contribution in [0.4, 0.5) is 29.5 Å². The number of piperidine rings is 1. The van der Waals surface area contributed by atoms with E-state index in [9.17, 15) is 18.0 Å². The molecule has 1 N–H and O–H groups in total. The number of hydrogen-bond acceptors (Lipinski definition) is 5. The first-order chi connectivity index (χ1) is 13.7. The number of amides is 2. The molecule has 0 radical (unpaired) electrons. The fourth-order valence-corrected chi connectivity index (χ4v) is 3.03. The number of likely N-dealkylation sites (tertiary alicyclic amines) is 1. The number of hydrogen-bond donors (Lipinski definition) is 1. The first-order valence-electron chi connectivity index (χ1n) is 9.12. The summed E-state index contributed by atoms with van der Waals surface area (Å²) in [6, 6.07) is 3.97. The molecule has 7 nitrogen and oxygen atoms in total. The summed E-state index contributed by atoms with van der Waals surface area (Å²) < 4.78 is 43.9. The van der Waals surface area contributed by atoms with Gasteiger partial charge in [-0.3, -0.25) is 0 Å². The van der Waals surface area contributed by atoms with Crippen LogP contribution in [0.5, 0.6) is 5.88 Å². The van der Waals surface area contributed by atoms with E-state index in [2.05, 4.69) is 15.3 Å². The normalized spacial score (nSPS) is 17.0. The Kier molecular flexibility index (Phi) is 6.09. The van der Waals surface area contributed by atoms with Crippen LogP contribution < -0.4 is 15.0 Å². The van der Waals surface area contributed by atoms with E-state index in [1.54, 1.807) is 22.2 Å². The number of nitrogens with zero attached hydrogens (tertiary/aromatic N) is 4. The summed E-state index contributed by atoms with van der Waals surface area (Å²) in [7, 11) is 3.67. The molecule has 0 saturated carbocycles. The average molecular weight is 409 g/mol. The molecule has 1 aromatic carbocycles. The lowest BCUT2D eigenvalue weighted by molar-refractivity contribution is -0.137. The third kappa shape index (κ3) is 5.27. The van der Waals surface area contributed by atoms with Gasteiger partial charge in [0.15, 0.2) is 5.82 Å². The van der Waals surface area contributed by atoms with Crippen LogP contribution in [0.25, 0.3) is 0 Å². The van der Waals surface area contributed by atoms with Crippen molar-refractivity contribution in [1.29, 1.82) is 0 Å². The number of benzene rings is 1. The number of carbonyl (C=O) groups is 1. The molecule has 1 saturated heterocycles. The van der Waals surface area contributed by atoms with Gasteiger partial charge in [-0.2, -0.15) is 13.2 Å². The van der Waals surface area contributed by atoms with Crippen LogP contribution >= 0.6 is 0 Å². The quantitative estimate of drug-likeness (QED) is 0.835. The number of ether oxygens (including phenoxy) is 1. The maximum atomic E-state index is 12.7. The predicted octanol–water partition coefficient (Wildman–Crippen LogP) is 3.64. The first-order valence-corrected chi connectivity index (χ1v) is 9.12. The summed E-state index contributed by atoms with van der Waals surface area (Å²) in [5.74, 6) is 0.992. The Morgan fingerprint density at radius 3 is 2.55 bits per heavy atom. The zero-order valence-corrected chi connectivity index (χ0v) is 16.1. The smallest absolute Gasteiger partial charge is 0.416 e. The molecule has 0 aliphatic carbocycles. The van der Waals surface area contributed by atoms with E-state index in [0.717, 1.165) is 25.0 Å².